The van der Waals surface area contributed by atoms with Crippen LogP contribution < -0.4 is 4.74 Å². The monoisotopic (exact) mass is 417 g/mol. The molecule has 1 saturated carbocycles. The molecule has 1 aliphatic carbocycles. The number of rotatable bonds is 5. The first-order valence-electron chi connectivity index (χ1n) is 9.66. The molecule has 5 rings (SSSR count). The van der Waals surface area contributed by atoms with Crippen LogP contribution >= 0.6 is 22.9 Å². The molecule has 3 fully saturated rings. The fraction of sp³-hybridized carbons (Fsp3) is 0.476. The second-order valence-corrected chi connectivity index (χ2v) is 9.20. The Labute approximate surface area is 172 Å². The van der Waals surface area contributed by atoms with Crippen LogP contribution in [0.4, 0.5) is 0 Å². The second kappa shape index (κ2) is 6.94. The summed E-state index contributed by atoms with van der Waals surface area (Å²) >= 11 is 7.42. The van der Waals surface area contributed by atoms with Gasteiger partial charge in [0, 0.05) is 9.90 Å². The number of hydrogen-bond donors (Lipinski definition) is 0. The lowest BCUT2D eigenvalue weighted by Crippen LogP contribution is -2.29. The maximum Gasteiger partial charge on any atom is 0.155 e. The molecular weight excluding hydrogens is 398 g/mol. The van der Waals surface area contributed by atoms with Crippen molar-refractivity contribution < 1.29 is 19.1 Å². The molecule has 5 nitrogen and oxygen atoms in total. The first-order valence-corrected chi connectivity index (χ1v) is 10.9. The highest BCUT2D eigenvalue weighted by Crippen LogP contribution is 2.52. The summed E-state index contributed by atoms with van der Waals surface area (Å²) in [5.41, 5.74) is 0.644. The Balaban J connectivity index is 1.39. The summed E-state index contributed by atoms with van der Waals surface area (Å²) in [6, 6.07) is 7.15. The van der Waals surface area contributed by atoms with Crippen LogP contribution in [0.5, 0.6) is 5.75 Å². The maximum absolute atomic E-state index is 13.1. The molecule has 2 saturated heterocycles. The van der Waals surface area contributed by atoms with Gasteiger partial charge in [0.05, 0.1) is 29.7 Å². The molecule has 3 unspecified atom stereocenters. The first-order chi connectivity index (χ1) is 13.6. The third kappa shape index (κ3) is 2.81. The van der Waals surface area contributed by atoms with Crippen LogP contribution in [0.15, 0.2) is 24.3 Å². The van der Waals surface area contributed by atoms with E-state index in [1.165, 1.54) is 11.3 Å². The molecule has 28 heavy (non-hydrogen) atoms. The van der Waals surface area contributed by atoms with Gasteiger partial charge in [0.2, 0.25) is 0 Å². The highest BCUT2D eigenvalue weighted by molar-refractivity contribution is 7.11. The van der Waals surface area contributed by atoms with Crippen molar-refractivity contribution in [1.82, 2.24) is 4.98 Å². The Bertz CT molecular complexity index is 912. The number of ketones is 2. The van der Waals surface area contributed by atoms with Gasteiger partial charge in [-0.05, 0) is 43.5 Å². The molecule has 0 N–H and O–H groups in total. The van der Waals surface area contributed by atoms with Crippen molar-refractivity contribution in [2.75, 3.05) is 0 Å². The third-order valence-corrected chi connectivity index (χ3v) is 7.48. The molecule has 2 aromatic rings. The van der Waals surface area contributed by atoms with E-state index in [9.17, 15) is 9.59 Å². The minimum absolute atomic E-state index is 0.00682. The van der Waals surface area contributed by atoms with Crippen molar-refractivity contribution in [3.8, 4) is 5.75 Å². The molecule has 2 bridgehead atoms. The number of halogens is 1. The Morgan fingerprint density at radius 1 is 1.14 bits per heavy atom. The SMILES string of the molecule is CCc1sc(COc2ccc(Cl)cc2)nc1C1C(=O)[C@@H]2C3CCC(O3)[C@@H]2C1=O. The Kier molecular flexibility index (Phi) is 4.53. The minimum Gasteiger partial charge on any atom is -0.486 e. The van der Waals surface area contributed by atoms with Gasteiger partial charge in [-0.2, -0.15) is 0 Å². The van der Waals surface area contributed by atoms with E-state index in [1.807, 2.05) is 6.92 Å². The van der Waals surface area contributed by atoms with Crippen molar-refractivity contribution in [1.29, 1.82) is 0 Å². The number of hydrogen-bond acceptors (Lipinski definition) is 6. The molecule has 1 aromatic heterocycles. The number of aryl methyl sites for hydroxylation is 1. The number of Topliss-reactive ketones (excluding diaryl/α,β-unsaturated/α-hetero) is 2. The summed E-state index contributed by atoms with van der Waals surface area (Å²) in [7, 11) is 0. The zero-order chi connectivity index (χ0) is 19.4. The predicted molar refractivity (Wildman–Crippen MR) is 105 cm³/mol. The van der Waals surface area contributed by atoms with Crippen LogP contribution in [0, 0.1) is 11.8 Å². The van der Waals surface area contributed by atoms with E-state index in [0.717, 1.165) is 29.1 Å². The molecule has 5 atom stereocenters. The number of fused-ring (bicyclic) bond motifs is 5. The number of carbonyl (C=O) groups excluding carboxylic acids is 2. The van der Waals surface area contributed by atoms with Gasteiger partial charge in [-0.1, -0.05) is 18.5 Å². The number of benzene rings is 1. The van der Waals surface area contributed by atoms with E-state index in [-0.39, 0.29) is 35.6 Å². The van der Waals surface area contributed by atoms with Crippen molar-refractivity contribution in [2.24, 2.45) is 11.8 Å². The van der Waals surface area contributed by atoms with Crippen LogP contribution in [0.2, 0.25) is 5.02 Å². The van der Waals surface area contributed by atoms with Gasteiger partial charge in [-0.25, -0.2) is 4.98 Å². The Morgan fingerprint density at radius 3 is 2.39 bits per heavy atom. The average molecular weight is 418 g/mol. The zero-order valence-electron chi connectivity index (χ0n) is 15.4. The minimum atomic E-state index is -0.725. The zero-order valence-corrected chi connectivity index (χ0v) is 17.0. The van der Waals surface area contributed by atoms with Crippen LogP contribution in [0.1, 0.15) is 41.3 Å². The van der Waals surface area contributed by atoms with E-state index in [4.69, 9.17) is 21.1 Å². The molecule has 3 aliphatic rings. The van der Waals surface area contributed by atoms with E-state index in [1.54, 1.807) is 24.3 Å². The van der Waals surface area contributed by atoms with Crippen molar-refractivity contribution >= 4 is 34.5 Å². The van der Waals surface area contributed by atoms with Gasteiger partial charge in [0.15, 0.2) is 11.6 Å². The number of carbonyl (C=O) groups is 2. The molecule has 0 radical (unpaired) electrons. The topological polar surface area (TPSA) is 65.5 Å². The van der Waals surface area contributed by atoms with Gasteiger partial charge in [0.25, 0.3) is 0 Å². The van der Waals surface area contributed by atoms with E-state index >= 15 is 0 Å². The molecule has 2 aliphatic heterocycles. The highest BCUT2D eigenvalue weighted by Gasteiger charge is 2.63. The van der Waals surface area contributed by atoms with Gasteiger partial charge < -0.3 is 9.47 Å². The Hall–Kier alpha value is -1.76. The molecule has 146 valence electrons. The summed E-state index contributed by atoms with van der Waals surface area (Å²) in [5, 5.41) is 1.43. The van der Waals surface area contributed by atoms with Crippen LogP contribution in [0.3, 0.4) is 0 Å². The summed E-state index contributed by atoms with van der Waals surface area (Å²) in [6.45, 7) is 2.33. The Morgan fingerprint density at radius 2 is 1.79 bits per heavy atom. The van der Waals surface area contributed by atoms with Crippen molar-refractivity contribution in [3.63, 3.8) is 0 Å². The highest BCUT2D eigenvalue weighted by atomic mass is 35.5. The fourth-order valence-corrected chi connectivity index (χ4v) is 5.91. The van der Waals surface area contributed by atoms with E-state index in [0.29, 0.717) is 23.1 Å². The van der Waals surface area contributed by atoms with Gasteiger partial charge >= 0.3 is 0 Å². The van der Waals surface area contributed by atoms with Crippen LogP contribution in [-0.4, -0.2) is 28.8 Å². The van der Waals surface area contributed by atoms with Gasteiger partial charge in [-0.15, -0.1) is 11.3 Å². The lowest BCUT2D eigenvalue weighted by atomic mass is 9.81. The number of thiazole rings is 1. The molecule has 3 heterocycles. The smallest absolute Gasteiger partial charge is 0.155 e. The predicted octanol–water partition coefficient (Wildman–Crippen LogP) is 3.97. The summed E-state index contributed by atoms with van der Waals surface area (Å²) in [4.78, 5) is 31.9. The molecular formula is C21H20ClNO4S. The molecule has 1 aromatic carbocycles. The number of nitrogens with zero attached hydrogens (tertiary/aromatic N) is 1. The first kappa shape index (κ1) is 18.3. The van der Waals surface area contributed by atoms with Crippen molar-refractivity contribution in [2.45, 2.75) is 50.9 Å². The van der Waals surface area contributed by atoms with E-state index in [2.05, 4.69) is 4.98 Å². The molecule has 0 amide bonds. The van der Waals surface area contributed by atoms with Crippen LogP contribution in [0.25, 0.3) is 0 Å². The molecule has 7 heteroatoms. The standard InChI is InChI=1S/C21H20ClNO4S/c1-2-14-19(23-15(28-14)9-26-11-5-3-10(22)4-6-11)18-20(24)16-12-7-8-13(27-12)17(16)21(18)25/h3-6,12-13,16-18H,2,7-9H2,1H3/t12?,13?,16-,17+,18?. The van der Waals surface area contributed by atoms with Crippen LogP contribution in [-0.2, 0) is 27.4 Å². The lowest BCUT2D eigenvalue weighted by Gasteiger charge is -2.16. The summed E-state index contributed by atoms with van der Waals surface area (Å²) in [5.74, 6) is -0.541. The maximum atomic E-state index is 13.1. The number of ether oxygens (including phenoxy) is 2. The quantitative estimate of drug-likeness (QED) is 0.689. The van der Waals surface area contributed by atoms with Gasteiger partial charge in [0.1, 0.15) is 23.3 Å². The third-order valence-electron chi connectivity index (χ3n) is 6.04. The average Bonchev–Trinajstić information content (AvgIpc) is 3.45. The van der Waals surface area contributed by atoms with E-state index < -0.39 is 5.92 Å². The fourth-order valence-electron chi connectivity index (χ4n) is 4.83. The summed E-state index contributed by atoms with van der Waals surface area (Å²) in [6.07, 6.45) is 2.36. The lowest BCUT2D eigenvalue weighted by molar-refractivity contribution is -0.127. The molecule has 0 spiro atoms. The second-order valence-electron chi connectivity index (χ2n) is 7.59. The van der Waals surface area contributed by atoms with Gasteiger partial charge in [-0.3, -0.25) is 9.59 Å². The normalized spacial score (nSPS) is 30.9. The largest absolute Gasteiger partial charge is 0.486 e. The number of aromatic nitrogens is 1. The van der Waals surface area contributed by atoms with Crippen molar-refractivity contribution in [3.05, 3.63) is 44.9 Å². The summed E-state index contributed by atoms with van der Waals surface area (Å²) < 4.78 is 11.6.